The van der Waals surface area contributed by atoms with E-state index in [9.17, 15) is 0 Å². The fraction of sp³-hybridized carbons (Fsp3) is 0.333. The lowest BCUT2D eigenvalue weighted by atomic mass is 10.2. The second kappa shape index (κ2) is 6.18. The normalized spacial score (nSPS) is 10.4. The highest BCUT2D eigenvalue weighted by Crippen LogP contribution is 2.26. The van der Waals surface area contributed by atoms with E-state index in [2.05, 4.69) is 11.8 Å². The zero-order valence-electron chi connectivity index (χ0n) is 11.4. The van der Waals surface area contributed by atoms with Crippen LogP contribution in [0, 0.1) is 0 Å². The van der Waals surface area contributed by atoms with E-state index in [1.807, 2.05) is 37.3 Å². The smallest absolute Gasteiger partial charge is 0.123 e. The molecule has 102 valence electrons. The zero-order valence-corrected chi connectivity index (χ0v) is 11.4. The molecule has 4 nitrogen and oxygen atoms in total. The van der Waals surface area contributed by atoms with Gasteiger partial charge in [-0.25, -0.2) is 0 Å². The second-order valence-electron chi connectivity index (χ2n) is 4.29. The Kier molecular flexibility index (Phi) is 4.34. The van der Waals surface area contributed by atoms with Gasteiger partial charge in [0.05, 0.1) is 19.4 Å². The Morgan fingerprint density at radius 2 is 2.11 bits per heavy atom. The van der Waals surface area contributed by atoms with Crippen LogP contribution < -0.4 is 15.4 Å². The first-order chi connectivity index (χ1) is 9.22. The van der Waals surface area contributed by atoms with Gasteiger partial charge in [0.25, 0.3) is 0 Å². The van der Waals surface area contributed by atoms with Crippen molar-refractivity contribution in [1.29, 1.82) is 0 Å². The van der Waals surface area contributed by atoms with Crippen LogP contribution in [0.4, 0.5) is 11.4 Å². The summed E-state index contributed by atoms with van der Waals surface area (Å²) in [5.74, 6) is 1.73. The summed E-state index contributed by atoms with van der Waals surface area (Å²) in [6, 6.07) is 9.67. The van der Waals surface area contributed by atoms with E-state index in [0.29, 0.717) is 12.3 Å². The highest BCUT2D eigenvalue weighted by atomic mass is 16.5. The minimum atomic E-state index is 0.632. The molecule has 0 fully saturated rings. The Hall–Kier alpha value is -2.10. The molecule has 19 heavy (non-hydrogen) atoms. The van der Waals surface area contributed by atoms with Crippen LogP contribution in [0.5, 0.6) is 5.75 Å². The zero-order chi connectivity index (χ0) is 13.7. The van der Waals surface area contributed by atoms with E-state index in [1.54, 1.807) is 6.26 Å². The molecular weight excluding hydrogens is 240 g/mol. The molecule has 0 amide bonds. The topological polar surface area (TPSA) is 51.6 Å². The standard InChI is InChI=1S/C15H20N2O2/c1-3-17(11-14-6-5-7-19-14)13-8-12(16)9-15(10-13)18-4-2/h5-10H,3-4,11,16H2,1-2H3. The van der Waals surface area contributed by atoms with Gasteiger partial charge in [-0.15, -0.1) is 0 Å². The van der Waals surface area contributed by atoms with E-state index in [0.717, 1.165) is 30.3 Å². The molecule has 0 unspecified atom stereocenters. The van der Waals surface area contributed by atoms with Gasteiger partial charge in [-0.2, -0.15) is 0 Å². The van der Waals surface area contributed by atoms with Gasteiger partial charge in [0.2, 0.25) is 0 Å². The monoisotopic (exact) mass is 260 g/mol. The maximum Gasteiger partial charge on any atom is 0.123 e. The van der Waals surface area contributed by atoms with E-state index in [1.165, 1.54) is 0 Å². The van der Waals surface area contributed by atoms with Crippen LogP contribution in [0.3, 0.4) is 0 Å². The third kappa shape index (κ3) is 3.44. The first-order valence-electron chi connectivity index (χ1n) is 6.53. The van der Waals surface area contributed by atoms with Crippen LogP contribution in [0.15, 0.2) is 41.0 Å². The quantitative estimate of drug-likeness (QED) is 0.810. The first kappa shape index (κ1) is 13.3. The maximum atomic E-state index is 5.93. The molecule has 0 atom stereocenters. The minimum absolute atomic E-state index is 0.632. The van der Waals surface area contributed by atoms with Gasteiger partial charge >= 0.3 is 0 Å². The number of rotatable bonds is 6. The molecule has 0 radical (unpaired) electrons. The number of nitrogens with zero attached hydrogens (tertiary/aromatic N) is 1. The van der Waals surface area contributed by atoms with Crippen molar-refractivity contribution in [3.63, 3.8) is 0 Å². The highest BCUT2D eigenvalue weighted by Gasteiger charge is 2.09. The number of furan rings is 1. The third-order valence-electron chi connectivity index (χ3n) is 2.90. The van der Waals surface area contributed by atoms with Crippen LogP contribution in [0.2, 0.25) is 0 Å². The molecule has 0 aliphatic rings. The molecule has 2 rings (SSSR count). The lowest BCUT2D eigenvalue weighted by molar-refractivity contribution is 0.340. The molecule has 4 heteroatoms. The average Bonchev–Trinajstić information content (AvgIpc) is 2.88. The summed E-state index contributed by atoms with van der Waals surface area (Å²) in [5, 5.41) is 0. The SMILES string of the molecule is CCOc1cc(N)cc(N(CC)Cc2ccco2)c1. The molecule has 0 saturated heterocycles. The number of nitrogens with two attached hydrogens (primary N) is 1. The van der Waals surface area contributed by atoms with Crippen molar-refractivity contribution in [1.82, 2.24) is 0 Å². The van der Waals surface area contributed by atoms with Gasteiger partial charge < -0.3 is 19.8 Å². The summed E-state index contributed by atoms with van der Waals surface area (Å²) in [7, 11) is 0. The van der Waals surface area contributed by atoms with Crippen LogP contribution in [0.25, 0.3) is 0 Å². The van der Waals surface area contributed by atoms with Gasteiger partial charge in [-0.05, 0) is 32.0 Å². The summed E-state index contributed by atoms with van der Waals surface area (Å²) >= 11 is 0. The van der Waals surface area contributed by atoms with Crippen molar-refractivity contribution in [3.05, 3.63) is 42.4 Å². The van der Waals surface area contributed by atoms with Gasteiger partial charge in [0, 0.05) is 30.1 Å². The summed E-state index contributed by atoms with van der Waals surface area (Å²) in [6.45, 7) is 6.29. The van der Waals surface area contributed by atoms with Crippen molar-refractivity contribution in [2.75, 3.05) is 23.8 Å². The van der Waals surface area contributed by atoms with Crippen molar-refractivity contribution >= 4 is 11.4 Å². The van der Waals surface area contributed by atoms with Crippen molar-refractivity contribution < 1.29 is 9.15 Å². The predicted molar refractivity (Wildman–Crippen MR) is 77.5 cm³/mol. The largest absolute Gasteiger partial charge is 0.494 e. The molecule has 2 N–H and O–H groups in total. The summed E-state index contributed by atoms with van der Waals surface area (Å²) in [6.07, 6.45) is 1.69. The number of ether oxygens (including phenoxy) is 1. The second-order valence-corrected chi connectivity index (χ2v) is 4.29. The fourth-order valence-corrected chi connectivity index (χ4v) is 2.01. The molecule has 0 aliphatic heterocycles. The van der Waals surface area contributed by atoms with Gasteiger partial charge in [0.15, 0.2) is 0 Å². The highest BCUT2D eigenvalue weighted by molar-refractivity contribution is 5.60. The maximum absolute atomic E-state index is 5.93. The van der Waals surface area contributed by atoms with Crippen molar-refractivity contribution in [3.8, 4) is 5.75 Å². The number of anilines is 2. The Labute approximate surface area is 113 Å². The van der Waals surface area contributed by atoms with E-state index >= 15 is 0 Å². The molecule has 1 aromatic carbocycles. The Morgan fingerprint density at radius 1 is 1.26 bits per heavy atom. The summed E-state index contributed by atoms with van der Waals surface area (Å²) < 4.78 is 10.9. The van der Waals surface area contributed by atoms with E-state index in [4.69, 9.17) is 14.9 Å². The first-order valence-corrected chi connectivity index (χ1v) is 6.53. The molecular formula is C15H20N2O2. The molecule has 1 aromatic heterocycles. The molecule has 0 saturated carbocycles. The van der Waals surface area contributed by atoms with Crippen LogP contribution >= 0.6 is 0 Å². The van der Waals surface area contributed by atoms with Gasteiger partial charge in [-0.1, -0.05) is 0 Å². The van der Waals surface area contributed by atoms with Crippen molar-refractivity contribution in [2.45, 2.75) is 20.4 Å². The number of benzene rings is 1. The Bertz CT molecular complexity index is 509. The van der Waals surface area contributed by atoms with Gasteiger partial charge in [-0.3, -0.25) is 0 Å². The van der Waals surface area contributed by atoms with Gasteiger partial charge in [0.1, 0.15) is 11.5 Å². The molecule has 0 spiro atoms. The summed E-state index contributed by atoms with van der Waals surface area (Å²) in [4.78, 5) is 2.19. The number of nitrogen functional groups attached to an aromatic ring is 1. The number of hydrogen-bond donors (Lipinski definition) is 1. The Balaban J connectivity index is 2.21. The summed E-state index contributed by atoms with van der Waals surface area (Å²) in [5.41, 5.74) is 7.68. The van der Waals surface area contributed by atoms with E-state index in [-0.39, 0.29) is 0 Å². The molecule has 2 aromatic rings. The molecule has 0 bridgehead atoms. The Morgan fingerprint density at radius 3 is 2.74 bits per heavy atom. The predicted octanol–water partition coefficient (Wildman–Crippen LogP) is 3.29. The lowest BCUT2D eigenvalue weighted by Gasteiger charge is -2.23. The number of hydrogen-bond acceptors (Lipinski definition) is 4. The van der Waals surface area contributed by atoms with Crippen LogP contribution in [-0.2, 0) is 6.54 Å². The molecule has 0 aliphatic carbocycles. The van der Waals surface area contributed by atoms with Crippen LogP contribution in [0.1, 0.15) is 19.6 Å². The minimum Gasteiger partial charge on any atom is -0.494 e. The van der Waals surface area contributed by atoms with Crippen LogP contribution in [-0.4, -0.2) is 13.2 Å². The van der Waals surface area contributed by atoms with Crippen molar-refractivity contribution in [2.24, 2.45) is 0 Å². The van der Waals surface area contributed by atoms with E-state index < -0.39 is 0 Å². The molecule has 1 heterocycles. The fourth-order valence-electron chi connectivity index (χ4n) is 2.01. The third-order valence-corrected chi connectivity index (χ3v) is 2.90. The average molecular weight is 260 g/mol. The lowest BCUT2D eigenvalue weighted by Crippen LogP contribution is -2.21.